The molecule has 1 fully saturated rings. The molecule has 1 unspecified atom stereocenters. The molecule has 122 valence electrons. The predicted octanol–water partition coefficient (Wildman–Crippen LogP) is 1.81. The first kappa shape index (κ1) is 16.9. The van der Waals surface area contributed by atoms with Crippen molar-refractivity contribution < 1.29 is 9.18 Å². The Bertz CT molecular complexity index is 545. The van der Waals surface area contributed by atoms with Crippen molar-refractivity contribution in [3.05, 3.63) is 35.1 Å². The van der Waals surface area contributed by atoms with Gasteiger partial charge in [0.05, 0.1) is 6.54 Å². The number of likely N-dealkylation sites (tertiary alicyclic amines) is 1. The van der Waals surface area contributed by atoms with E-state index in [9.17, 15) is 9.18 Å². The van der Waals surface area contributed by atoms with Crippen molar-refractivity contribution in [3.63, 3.8) is 0 Å². The number of carbonyl (C=O) groups excluding carboxylic acids is 1. The van der Waals surface area contributed by atoms with E-state index in [1.54, 1.807) is 13.0 Å². The number of nitrogens with one attached hydrogen (secondary N) is 1. The van der Waals surface area contributed by atoms with Gasteiger partial charge in [-0.3, -0.25) is 9.69 Å². The Labute approximate surface area is 131 Å². The van der Waals surface area contributed by atoms with Crippen LogP contribution in [-0.4, -0.2) is 36.5 Å². The molecule has 0 saturated carbocycles. The van der Waals surface area contributed by atoms with E-state index in [4.69, 9.17) is 5.73 Å². The van der Waals surface area contributed by atoms with Gasteiger partial charge in [-0.2, -0.15) is 0 Å². The van der Waals surface area contributed by atoms with E-state index in [0.29, 0.717) is 18.7 Å². The average molecular weight is 307 g/mol. The summed E-state index contributed by atoms with van der Waals surface area (Å²) in [6, 6.07) is 5.22. The molecule has 1 aliphatic heterocycles. The first-order chi connectivity index (χ1) is 10.3. The van der Waals surface area contributed by atoms with Gasteiger partial charge in [0.15, 0.2) is 0 Å². The number of hydrogen-bond acceptors (Lipinski definition) is 3. The van der Waals surface area contributed by atoms with Gasteiger partial charge in [0.1, 0.15) is 5.82 Å². The number of aryl methyl sites for hydroxylation is 1. The van der Waals surface area contributed by atoms with Crippen LogP contribution in [0.2, 0.25) is 0 Å². The molecule has 5 heteroatoms. The first-order valence-corrected chi connectivity index (χ1v) is 7.77. The number of benzene rings is 1. The molecule has 1 aromatic rings. The Balaban J connectivity index is 1.82. The Morgan fingerprint density at radius 1 is 1.50 bits per heavy atom. The van der Waals surface area contributed by atoms with Crippen molar-refractivity contribution >= 4 is 5.91 Å². The number of piperidine rings is 1. The molecule has 2 rings (SSSR count). The SMILES string of the molecule is Cc1ccc(CNC(=O)CN2CCC(N)C(C)(C)C2)cc1F. The van der Waals surface area contributed by atoms with Crippen molar-refractivity contribution in [3.8, 4) is 0 Å². The molecule has 0 spiro atoms. The van der Waals surface area contributed by atoms with Crippen molar-refractivity contribution in [2.75, 3.05) is 19.6 Å². The highest BCUT2D eigenvalue weighted by molar-refractivity contribution is 5.78. The van der Waals surface area contributed by atoms with Gasteiger partial charge in [0, 0.05) is 25.7 Å². The summed E-state index contributed by atoms with van der Waals surface area (Å²) in [6.07, 6.45) is 0.906. The highest BCUT2D eigenvalue weighted by atomic mass is 19.1. The minimum absolute atomic E-state index is 0.0264. The summed E-state index contributed by atoms with van der Waals surface area (Å²) >= 11 is 0. The molecule has 1 heterocycles. The number of nitrogens with two attached hydrogens (primary N) is 1. The van der Waals surface area contributed by atoms with Crippen LogP contribution in [0.4, 0.5) is 4.39 Å². The first-order valence-electron chi connectivity index (χ1n) is 7.77. The smallest absolute Gasteiger partial charge is 0.234 e. The zero-order valence-electron chi connectivity index (χ0n) is 13.7. The predicted molar refractivity (Wildman–Crippen MR) is 85.8 cm³/mol. The fraction of sp³-hybridized carbons (Fsp3) is 0.588. The van der Waals surface area contributed by atoms with Crippen LogP contribution in [0, 0.1) is 18.2 Å². The molecule has 1 saturated heterocycles. The molecular weight excluding hydrogens is 281 g/mol. The fourth-order valence-electron chi connectivity index (χ4n) is 2.83. The minimum Gasteiger partial charge on any atom is -0.351 e. The minimum atomic E-state index is -0.237. The largest absolute Gasteiger partial charge is 0.351 e. The van der Waals surface area contributed by atoms with Crippen LogP contribution in [-0.2, 0) is 11.3 Å². The Morgan fingerprint density at radius 2 is 2.23 bits per heavy atom. The number of hydrogen-bond donors (Lipinski definition) is 2. The van der Waals surface area contributed by atoms with Gasteiger partial charge < -0.3 is 11.1 Å². The standard InChI is InChI=1S/C17H26FN3O/c1-12-4-5-13(8-14(12)18)9-20-16(22)10-21-7-6-15(19)17(2,3)11-21/h4-5,8,15H,6-7,9-11,19H2,1-3H3,(H,20,22). The molecule has 1 amide bonds. The van der Waals surface area contributed by atoms with Crippen molar-refractivity contribution in [1.82, 2.24) is 10.2 Å². The van der Waals surface area contributed by atoms with Crippen LogP contribution in [0.3, 0.4) is 0 Å². The quantitative estimate of drug-likeness (QED) is 0.892. The molecule has 1 atom stereocenters. The van der Waals surface area contributed by atoms with Crippen LogP contribution in [0.25, 0.3) is 0 Å². The number of carbonyl (C=O) groups is 1. The van der Waals surface area contributed by atoms with Crippen molar-refractivity contribution in [2.45, 2.75) is 39.8 Å². The van der Waals surface area contributed by atoms with E-state index < -0.39 is 0 Å². The number of halogens is 1. The van der Waals surface area contributed by atoms with E-state index in [1.807, 2.05) is 6.07 Å². The van der Waals surface area contributed by atoms with Gasteiger partial charge in [-0.05, 0) is 36.0 Å². The van der Waals surface area contributed by atoms with E-state index in [0.717, 1.165) is 25.1 Å². The second-order valence-electron chi connectivity index (χ2n) is 6.95. The lowest BCUT2D eigenvalue weighted by Gasteiger charge is -2.42. The molecule has 0 bridgehead atoms. The number of amides is 1. The molecule has 0 aromatic heterocycles. The summed E-state index contributed by atoms with van der Waals surface area (Å²) in [4.78, 5) is 14.2. The summed E-state index contributed by atoms with van der Waals surface area (Å²) in [7, 11) is 0. The summed E-state index contributed by atoms with van der Waals surface area (Å²) in [5.74, 6) is -0.272. The lowest BCUT2D eigenvalue weighted by atomic mass is 9.80. The number of rotatable bonds is 4. The molecule has 22 heavy (non-hydrogen) atoms. The molecular formula is C17H26FN3O. The van der Waals surface area contributed by atoms with Crippen LogP contribution in [0.5, 0.6) is 0 Å². The highest BCUT2D eigenvalue weighted by Crippen LogP contribution is 2.27. The van der Waals surface area contributed by atoms with Gasteiger partial charge in [0.25, 0.3) is 0 Å². The topological polar surface area (TPSA) is 58.4 Å². The van der Waals surface area contributed by atoms with Crippen LogP contribution in [0.15, 0.2) is 18.2 Å². The summed E-state index contributed by atoms with van der Waals surface area (Å²) in [5, 5.41) is 2.85. The zero-order chi connectivity index (χ0) is 16.3. The average Bonchev–Trinajstić information content (AvgIpc) is 2.44. The second-order valence-corrected chi connectivity index (χ2v) is 6.95. The Kier molecular flexibility index (Phi) is 5.19. The monoisotopic (exact) mass is 307 g/mol. The van der Waals surface area contributed by atoms with Crippen LogP contribution >= 0.6 is 0 Å². The highest BCUT2D eigenvalue weighted by Gasteiger charge is 2.33. The summed E-state index contributed by atoms with van der Waals surface area (Å²) < 4.78 is 13.5. The lowest BCUT2D eigenvalue weighted by Crippen LogP contribution is -2.54. The van der Waals surface area contributed by atoms with E-state index >= 15 is 0 Å². The van der Waals surface area contributed by atoms with E-state index in [1.165, 1.54) is 6.07 Å². The maximum Gasteiger partial charge on any atom is 0.234 e. The van der Waals surface area contributed by atoms with Gasteiger partial charge in [-0.15, -0.1) is 0 Å². The lowest BCUT2D eigenvalue weighted by molar-refractivity contribution is -0.123. The van der Waals surface area contributed by atoms with Crippen molar-refractivity contribution in [2.24, 2.45) is 11.1 Å². The summed E-state index contributed by atoms with van der Waals surface area (Å²) in [5.41, 5.74) is 7.52. The zero-order valence-corrected chi connectivity index (χ0v) is 13.7. The number of nitrogens with zero attached hydrogens (tertiary/aromatic N) is 1. The molecule has 3 N–H and O–H groups in total. The summed E-state index contributed by atoms with van der Waals surface area (Å²) in [6.45, 7) is 8.38. The molecule has 0 aliphatic carbocycles. The molecule has 0 radical (unpaired) electrons. The third-order valence-corrected chi connectivity index (χ3v) is 4.48. The third kappa shape index (κ3) is 4.27. The maximum absolute atomic E-state index is 13.5. The van der Waals surface area contributed by atoms with Crippen molar-refractivity contribution in [1.29, 1.82) is 0 Å². The second kappa shape index (κ2) is 6.75. The Morgan fingerprint density at radius 3 is 2.86 bits per heavy atom. The van der Waals surface area contributed by atoms with E-state index in [-0.39, 0.29) is 23.2 Å². The fourth-order valence-corrected chi connectivity index (χ4v) is 2.83. The van der Waals surface area contributed by atoms with Crippen LogP contribution in [0.1, 0.15) is 31.4 Å². The third-order valence-electron chi connectivity index (χ3n) is 4.48. The van der Waals surface area contributed by atoms with Gasteiger partial charge in [-0.1, -0.05) is 26.0 Å². The molecule has 1 aromatic carbocycles. The maximum atomic E-state index is 13.5. The Hall–Kier alpha value is -1.46. The van der Waals surface area contributed by atoms with Gasteiger partial charge >= 0.3 is 0 Å². The molecule has 4 nitrogen and oxygen atoms in total. The van der Waals surface area contributed by atoms with Crippen LogP contribution < -0.4 is 11.1 Å². The van der Waals surface area contributed by atoms with E-state index in [2.05, 4.69) is 24.1 Å². The normalized spacial score (nSPS) is 21.6. The van der Waals surface area contributed by atoms with Gasteiger partial charge in [0.2, 0.25) is 5.91 Å². The molecule has 1 aliphatic rings. The van der Waals surface area contributed by atoms with Gasteiger partial charge in [-0.25, -0.2) is 4.39 Å².